The molecule has 2 aromatic heterocycles. The number of nitrogens with zero attached hydrogens (tertiary/aromatic N) is 2. The Kier molecular flexibility index (Phi) is 2.17. The van der Waals surface area contributed by atoms with Crippen molar-refractivity contribution in [1.82, 2.24) is 9.97 Å². The van der Waals surface area contributed by atoms with E-state index in [0.29, 0.717) is 11.0 Å². The fourth-order valence-electron chi connectivity index (χ4n) is 0.966. The number of thiophene rings is 1. The van der Waals surface area contributed by atoms with Crippen molar-refractivity contribution in [3.63, 3.8) is 0 Å². The molecule has 0 aliphatic rings. The number of alkyl halides is 1. The summed E-state index contributed by atoms with van der Waals surface area (Å²) in [5.74, 6) is 0.466. The van der Waals surface area contributed by atoms with Gasteiger partial charge in [-0.1, -0.05) is 11.6 Å². The van der Waals surface area contributed by atoms with E-state index in [-0.39, 0.29) is 0 Å². The first-order valence-corrected chi connectivity index (χ1v) is 5.04. The van der Waals surface area contributed by atoms with Crippen LogP contribution in [-0.4, -0.2) is 9.97 Å². The highest BCUT2D eigenvalue weighted by molar-refractivity contribution is 7.18. The normalized spacial score (nSPS) is 10.8. The van der Waals surface area contributed by atoms with E-state index in [4.69, 9.17) is 23.2 Å². The van der Waals surface area contributed by atoms with Gasteiger partial charge in [0.1, 0.15) is 11.5 Å². The van der Waals surface area contributed by atoms with Crippen LogP contribution in [0.4, 0.5) is 0 Å². The zero-order valence-corrected chi connectivity index (χ0v) is 8.25. The van der Waals surface area contributed by atoms with Gasteiger partial charge in [0, 0.05) is 5.56 Å². The Bertz CT molecular complexity index is 413. The molecule has 0 unspecified atom stereocenters. The van der Waals surface area contributed by atoms with Crippen LogP contribution in [0.15, 0.2) is 11.7 Å². The van der Waals surface area contributed by atoms with E-state index in [2.05, 4.69) is 9.97 Å². The summed E-state index contributed by atoms with van der Waals surface area (Å²) in [6, 6.07) is 0. The van der Waals surface area contributed by atoms with Crippen molar-refractivity contribution in [3.05, 3.63) is 22.4 Å². The minimum absolute atomic E-state index is 0.466. The predicted octanol–water partition coefficient (Wildman–Crippen LogP) is 3.08. The minimum atomic E-state index is 0.466. The van der Waals surface area contributed by atoms with Crippen LogP contribution < -0.4 is 0 Å². The molecule has 0 saturated heterocycles. The summed E-state index contributed by atoms with van der Waals surface area (Å²) in [6.07, 6.45) is 1.45. The maximum atomic E-state index is 5.84. The van der Waals surface area contributed by atoms with Crippen LogP contribution in [0.5, 0.6) is 0 Å². The second-order valence-electron chi connectivity index (χ2n) is 2.24. The van der Waals surface area contributed by atoms with Crippen LogP contribution >= 0.6 is 34.5 Å². The van der Waals surface area contributed by atoms with Crippen LogP contribution in [0.1, 0.15) is 5.56 Å². The van der Waals surface area contributed by atoms with Gasteiger partial charge in [0.2, 0.25) is 0 Å². The quantitative estimate of drug-likeness (QED) is 0.544. The molecule has 62 valence electrons. The molecule has 0 saturated carbocycles. The SMILES string of the molecule is ClCc1csc2c(Cl)ncnc12. The average molecular weight is 219 g/mol. The molecule has 0 bridgehead atoms. The lowest BCUT2D eigenvalue weighted by Crippen LogP contribution is -1.81. The number of hydrogen-bond donors (Lipinski definition) is 0. The number of hydrogen-bond acceptors (Lipinski definition) is 3. The lowest BCUT2D eigenvalue weighted by atomic mass is 10.3. The van der Waals surface area contributed by atoms with E-state index in [9.17, 15) is 0 Å². The number of fused-ring (bicyclic) bond motifs is 1. The highest BCUT2D eigenvalue weighted by atomic mass is 35.5. The molecule has 0 amide bonds. The van der Waals surface area contributed by atoms with Gasteiger partial charge < -0.3 is 0 Å². The Morgan fingerprint density at radius 2 is 2.25 bits per heavy atom. The molecular weight excluding hydrogens is 215 g/mol. The fraction of sp³-hybridized carbons (Fsp3) is 0.143. The molecule has 0 N–H and O–H groups in total. The van der Waals surface area contributed by atoms with Crippen LogP contribution in [-0.2, 0) is 5.88 Å². The van der Waals surface area contributed by atoms with E-state index in [1.807, 2.05) is 5.38 Å². The van der Waals surface area contributed by atoms with E-state index in [1.54, 1.807) is 0 Å². The average Bonchev–Trinajstić information content (AvgIpc) is 2.49. The zero-order valence-electron chi connectivity index (χ0n) is 5.92. The third-order valence-corrected chi connectivity index (χ3v) is 3.24. The van der Waals surface area contributed by atoms with Crippen LogP contribution in [0, 0.1) is 0 Å². The second kappa shape index (κ2) is 3.17. The smallest absolute Gasteiger partial charge is 0.150 e. The van der Waals surface area contributed by atoms with Gasteiger partial charge >= 0.3 is 0 Å². The molecule has 0 aliphatic heterocycles. The molecule has 0 spiro atoms. The summed E-state index contributed by atoms with van der Waals surface area (Å²) >= 11 is 13.1. The lowest BCUT2D eigenvalue weighted by Gasteiger charge is -1.91. The van der Waals surface area contributed by atoms with Crippen molar-refractivity contribution in [2.75, 3.05) is 0 Å². The van der Waals surface area contributed by atoms with Crippen LogP contribution in [0.3, 0.4) is 0 Å². The first-order chi connectivity index (χ1) is 5.83. The van der Waals surface area contributed by atoms with Crippen LogP contribution in [0.25, 0.3) is 10.2 Å². The third kappa shape index (κ3) is 1.18. The summed E-state index contributed by atoms with van der Waals surface area (Å²) in [4.78, 5) is 7.98. The summed E-state index contributed by atoms with van der Waals surface area (Å²) < 4.78 is 0.912. The van der Waals surface area contributed by atoms with Crippen molar-refractivity contribution < 1.29 is 0 Å². The van der Waals surface area contributed by atoms with Gasteiger partial charge in [0.25, 0.3) is 0 Å². The van der Waals surface area contributed by atoms with Gasteiger partial charge in [-0.2, -0.15) is 0 Å². The monoisotopic (exact) mass is 218 g/mol. The highest BCUT2D eigenvalue weighted by Crippen LogP contribution is 2.29. The lowest BCUT2D eigenvalue weighted by molar-refractivity contribution is 1.22. The standard InChI is InChI=1S/C7H4Cl2N2S/c8-1-4-2-12-6-5(4)10-3-11-7(6)9/h2-3H,1H2. The Morgan fingerprint density at radius 3 is 3.00 bits per heavy atom. The minimum Gasteiger partial charge on any atom is -0.235 e. The van der Waals surface area contributed by atoms with Crippen molar-refractivity contribution >= 4 is 44.8 Å². The summed E-state index contributed by atoms with van der Waals surface area (Å²) in [5.41, 5.74) is 1.89. The first kappa shape index (κ1) is 8.23. The third-order valence-electron chi connectivity index (χ3n) is 1.53. The maximum Gasteiger partial charge on any atom is 0.150 e. The number of rotatable bonds is 1. The van der Waals surface area contributed by atoms with Gasteiger partial charge in [-0.15, -0.1) is 22.9 Å². The summed E-state index contributed by atoms with van der Waals surface area (Å²) in [6.45, 7) is 0. The largest absolute Gasteiger partial charge is 0.235 e. The van der Waals surface area contributed by atoms with Crippen molar-refractivity contribution in [3.8, 4) is 0 Å². The molecule has 2 heterocycles. The van der Waals surface area contributed by atoms with Crippen molar-refractivity contribution in [1.29, 1.82) is 0 Å². The Hall–Kier alpha value is -0.380. The van der Waals surface area contributed by atoms with Crippen molar-refractivity contribution in [2.45, 2.75) is 5.88 Å². The first-order valence-electron chi connectivity index (χ1n) is 3.25. The van der Waals surface area contributed by atoms with Gasteiger partial charge in [0.15, 0.2) is 0 Å². The summed E-state index contributed by atoms with van der Waals surface area (Å²) in [7, 11) is 0. The predicted molar refractivity (Wildman–Crippen MR) is 52.0 cm³/mol. The highest BCUT2D eigenvalue weighted by Gasteiger charge is 2.07. The van der Waals surface area contributed by atoms with E-state index in [0.717, 1.165) is 15.8 Å². The number of aromatic nitrogens is 2. The molecule has 2 aromatic rings. The maximum absolute atomic E-state index is 5.84. The summed E-state index contributed by atoms with van der Waals surface area (Å²) in [5, 5.41) is 2.46. The number of halogens is 2. The van der Waals surface area contributed by atoms with E-state index >= 15 is 0 Å². The molecule has 5 heteroatoms. The molecule has 2 rings (SSSR count). The molecule has 0 aliphatic carbocycles. The fourth-order valence-corrected chi connectivity index (χ4v) is 2.43. The molecule has 0 radical (unpaired) electrons. The molecule has 0 fully saturated rings. The van der Waals surface area contributed by atoms with E-state index < -0.39 is 0 Å². The van der Waals surface area contributed by atoms with Gasteiger partial charge in [0.05, 0.1) is 16.1 Å². The molecular formula is C7H4Cl2N2S. The Balaban J connectivity index is 2.80. The van der Waals surface area contributed by atoms with Crippen molar-refractivity contribution in [2.24, 2.45) is 0 Å². The topological polar surface area (TPSA) is 25.8 Å². The van der Waals surface area contributed by atoms with Gasteiger partial charge in [-0.25, -0.2) is 9.97 Å². The Labute approximate surface area is 83.2 Å². The van der Waals surface area contributed by atoms with E-state index in [1.165, 1.54) is 17.7 Å². The second-order valence-corrected chi connectivity index (χ2v) is 3.74. The molecule has 0 aromatic carbocycles. The van der Waals surface area contributed by atoms with Crippen LogP contribution in [0.2, 0.25) is 5.15 Å². The Morgan fingerprint density at radius 1 is 1.42 bits per heavy atom. The van der Waals surface area contributed by atoms with Gasteiger partial charge in [-0.05, 0) is 5.38 Å². The van der Waals surface area contributed by atoms with Gasteiger partial charge in [-0.3, -0.25) is 0 Å². The molecule has 0 atom stereocenters. The molecule has 2 nitrogen and oxygen atoms in total. The zero-order chi connectivity index (χ0) is 8.55. The molecule has 12 heavy (non-hydrogen) atoms.